The first kappa shape index (κ1) is 38.9. The number of fused-ring (bicyclic) bond motifs is 16. The first-order chi connectivity index (χ1) is 27.1. The summed E-state index contributed by atoms with van der Waals surface area (Å²) in [6, 6.07) is 28.4. The van der Waals surface area contributed by atoms with Gasteiger partial charge in [-0.15, -0.1) is 0 Å². The number of amides is 4. The zero-order valence-electron chi connectivity index (χ0n) is 30.9. The summed E-state index contributed by atoms with van der Waals surface area (Å²) in [6.45, 7) is -0.417. The minimum atomic E-state index is -1.32. The lowest BCUT2D eigenvalue weighted by Crippen LogP contribution is -2.59. The molecular formula is C43H44N6O7. The van der Waals surface area contributed by atoms with Gasteiger partial charge >= 0.3 is 5.97 Å². The third-order valence-corrected chi connectivity index (χ3v) is 9.50. The normalized spacial score (nSPS) is 19.6. The van der Waals surface area contributed by atoms with E-state index in [0.29, 0.717) is 23.4 Å². The number of hydrogen-bond acceptors (Lipinski definition) is 7. The van der Waals surface area contributed by atoms with Crippen LogP contribution in [0.15, 0.2) is 122 Å². The van der Waals surface area contributed by atoms with Crippen molar-refractivity contribution < 1.29 is 33.8 Å². The van der Waals surface area contributed by atoms with Gasteiger partial charge in [-0.3, -0.25) is 19.2 Å². The Hall–Kier alpha value is -6.76. The predicted molar refractivity (Wildman–Crippen MR) is 208 cm³/mol. The first-order valence-electron chi connectivity index (χ1n) is 18.4. The van der Waals surface area contributed by atoms with Crippen LogP contribution in [0.4, 0.5) is 0 Å². The highest BCUT2D eigenvalue weighted by atomic mass is 16.5. The molecule has 13 heteroatoms. The number of aromatic nitrogens is 2. The van der Waals surface area contributed by atoms with Crippen molar-refractivity contribution in [2.75, 3.05) is 6.61 Å². The van der Waals surface area contributed by atoms with E-state index in [2.05, 4.69) is 26.3 Å². The molecule has 288 valence electrons. The maximum absolute atomic E-state index is 14.3. The van der Waals surface area contributed by atoms with E-state index in [9.17, 15) is 29.1 Å². The summed E-state index contributed by atoms with van der Waals surface area (Å²) in [7, 11) is 1.78. The number of nitrogens with one attached hydrogen (secondary N) is 4. The lowest BCUT2D eigenvalue weighted by atomic mass is 9.99. The summed E-state index contributed by atoms with van der Waals surface area (Å²) in [6.07, 6.45) is 3.86. The number of aliphatic carboxylic acids is 1. The van der Waals surface area contributed by atoms with Crippen molar-refractivity contribution in [1.29, 1.82) is 0 Å². The minimum Gasteiger partial charge on any atom is -0.484 e. The summed E-state index contributed by atoms with van der Waals surface area (Å²) in [5, 5.41) is 21.1. The number of aryl methyl sites for hydroxylation is 2. The number of carbonyl (C=O) groups excluding carboxylic acids is 4. The number of carbonyl (C=O) groups is 5. The highest BCUT2D eigenvalue weighted by Crippen LogP contribution is 2.20. The Bertz CT molecular complexity index is 2120. The molecule has 0 fully saturated rings. The van der Waals surface area contributed by atoms with Gasteiger partial charge in [-0.2, -0.15) is 0 Å². The van der Waals surface area contributed by atoms with Crippen LogP contribution in [-0.2, 0) is 56.7 Å². The summed E-state index contributed by atoms with van der Waals surface area (Å²) in [5.41, 5.74) is 4.75. The van der Waals surface area contributed by atoms with Crippen molar-refractivity contribution in [2.45, 2.75) is 56.3 Å². The molecule has 0 spiro atoms. The third kappa shape index (κ3) is 10.9. The number of ether oxygens (including phenoxy) is 1. The van der Waals surface area contributed by atoms with Gasteiger partial charge in [0, 0.05) is 32.5 Å². The van der Waals surface area contributed by atoms with Crippen molar-refractivity contribution in [3.8, 4) is 16.9 Å². The molecule has 3 heterocycles. The maximum Gasteiger partial charge on any atom is 0.326 e. The van der Waals surface area contributed by atoms with E-state index < -0.39 is 60.4 Å². The molecule has 2 bridgehead atoms. The van der Waals surface area contributed by atoms with Crippen LogP contribution in [0.2, 0.25) is 0 Å². The van der Waals surface area contributed by atoms with Crippen LogP contribution >= 0.6 is 0 Å². The van der Waals surface area contributed by atoms with Gasteiger partial charge in [0.05, 0.1) is 12.0 Å². The minimum absolute atomic E-state index is 0.0197. The standard InChI is InChI=1S/C43H44N6O7/c1-49-25-33(44-27-49)24-37-42(53)47-36(22-29-12-17-32(18-13-29)31-10-6-3-7-11-31)41(52)46-35(21-16-28-8-4-2-5-9-28)40(51)48-38(43(54)55)23-30-14-19-34(20-15-30)56-26-39(50)45-37/h2-15,17-20,25,27,35-38H,16,21-24,26H2,1H3,(H,45,50)(H,46,52)(H,47,53)(H,48,51)(H,54,55)/t35-,36+,37-,38-/m0/s1. The average Bonchev–Trinajstić information content (AvgIpc) is 3.62. The molecule has 4 aromatic carbocycles. The number of benzene rings is 4. The summed E-state index contributed by atoms with van der Waals surface area (Å²) < 4.78 is 7.41. The smallest absolute Gasteiger partial charge is 0.326 e. The fourth-order valence-corrected chi connectivity index (χ4v) is 6.48. The molecule has 0 aliphatic carbocycles. The van der Waals surface area contributed by atoms with Crippen LogP contribution in [0.1, 0.15) is 28.8 Å². The topological polar surface area (TPSA) is 181 Å². The van der Waals surface area contributed by atoms with Crippen molar-refractivity contribution in [2.24, 2.45) is 7.05 Å². The second-order valence-electron chi connectivity index (χ2n) is 13.8. The highest BCUT2D eigenvalue weighted by Gasteiger charge is 2.32. The Morgan fingerprint density at radius 1 is 0.714 bits per heavy atom. The molecule has 13 nitrogen and oxygen atoms in total. The monoisotopic (exact) mass is 756 g/mol. The van der Waals surface area contributed by atoms with Crippen LogP contribution in [-0.4, -0.2) is 75.0 Å². The van der Waals surface area contributed by atoms with Crippen molar-refractivity contribution >= 4 is 29.6 Å². The first-order valence-corrected chi connectivity index (χ1v) is 18.4. The van der Waals surface area contributed by atoms with E-state index in [-0.39, 0.29) is 25.7 Å². The van der Waals surface area contributed by atoms with E-state index in [0.717, 1.165) is 22.3 Å². The Morgan fingerprint density at radius 3 is 1.96 bits per heavy atom. The fraction of sp³-hybridized carbons (Fsp3) is 0.256. The van der Waals surface area contributed by atoms with Crippen molar-refractivity contribution in [3.63, 3.8) is 0 Å². The summed E-state index contributed by atoms with van der Waals surface area (Å²) in [4.78, 5) is 72.4. The molecule has 1 aromatic heterocycles. The van der Waals surface area contributed by atoms with E-state index >= 15 is 0 Å². The number of nitrogens with zero attached hydrogens (tertiary/aromatic N) is 2. The van der Waals surface area contributed by atoms with Gasteiger partial charge < -0.3 is 35.7 Å². The molecule has 5 N–H and O–H groups in total. The number of hydrogen-bond donors (Lipinski definition) is 5. The molecule has 0 unspecified atom stereocenters. The highest BCUT2D eigenvalue weighted by molar-refractivity contribution is 5.95. The Kier molecular flexibility index (Phi) is 12.9. The largest absolute Gasteiger partial charge is 0.484 e. The Balaban J connectivity index is 1.33. The van der Waals surface area contributed by atoms with Crippen LogP contribution < -0.4 is 26.0 Å². The Labute approximate surface area is 324 Å². The molecule has 4 atom stereocenters. The van der Waals surface area contributed by atoms with Gasteiger partial charge in [0.25, 0.3) is 5.91 Å². The molecule has 7 rings (SSSR count). The van der Waals surface area contributed by atoms with Gasteiger partial charge in [-0.05, 0) is 52.8 Å². The van der Waals surface area contributed by atoms with Gasteiger partial charge in [-0.25, -0.2) is 9.78 Å². The van der Waals surface area contributed by atoms with Crippen LogP contribution in [0.5, 0.6) is 5.75 Å². The lowest BCUT2D eigenvalue weighted by Gasteiger charge is -2.26. The number of carboxylic acids is 1. The van der Waals surface area contributed by atoms with Crippen LogP contribution in [0.25, 0.3) is 11.1 Å². The quantitative estimate of drug-likeness (QED) is 0.142. The molecule has 2 aliphatic rings. The molecular weight excluding hydrogens is 713 g/mol. The van der Waals surface area contributed by atoms with Crippen molar-refractivity contribution in [1.82, 2.24) is 30.8 Å². The Morgan fingerprint density at radius 2 is 1.32 bits per heavy atom. The number of rotatable bonds is 9. The van der Waals surface area contributed by atoms with E-state index in [1.807, 2.05) is 84.9 Å². The van der Waals surface area contributed by atoms with Gasteiger partial charge in [0.1, 0.15) is 29.9 Å². The van der Waals surface area contributed by atoms with Gasteiger partial charge in [0.15, 0.2) is 6.61 Å². The molecule has 0 saturated heterocycles. The van der Waals surface area contributed by atoms with Gasteiger partial charge in [0.2, 0.25) is 17.7 Å². The van der Waals surface area contributed by atoms with E-state index in [1.165, 1.54) is 0 Å². The maximum atomic E-state index is 14.3. The van der Waals surface area contributed by atoms with Crippen LogP contribution in [0.3, 0.4) is 0 Å². The molecule has 5 aromatic rings. The molecule has 2 aliphatic heterocycles. The average molecular weight is 757 g/mol. The second-order valence-corrected chi connectivity index (χ2v) is 13.8. The van der Waals surface area contributed by atoms with E-state index in [1.54, 1.807) is 48.4 Å². The predicted octanol–water partition coefficient (Wildman–Crippen LogP) is 3.16. The fourth-order valence-electron chi connectivity index (χ4n) is 6.48. The number of carboxylic acid groups (broad SMARTS) is 1. The summed E-state index contributed by atoms with van der Waals surface area (Å²) in [5.74, 6) is -3.48. The summed E-state index contributed by atoms with van der Waals surface area (Å²) >= 11 is 0. The SMILES string of the molecule is Cn1cnc(C[C@@H]2NC(=O)COc3ccc(cc3)C[C@@H](C(=O)O)NC(=O)[C@H](CCc3ccccc3)NC(=O)[C@@H](Cc3ccc(-c4ccccc4)cc3)NC2=O)c1. The zero-order valence-corrected chi connectivity index (χ0v) is 30.9. The lowest BCUT2D eigenvalue weighted by molar-refractivity contribution is -0.142. The second kappa shape index (κ2) is 18.5. The van der Waals surface area contributed by atoms with E-state index in [4.69, 9.17) is 4.74 Å². The molecule has 4 amide bonds. The molecule has 0 saturated carbocycles. The van der Waals surface area contributed by atoms with Gasteiger partial charge in [-0.1, -0.05) is 97.1 Å². The molecule has 56 heavy (non-hydrogen) atoms. The van der Waals surface area contributed by atoms with Crippen LogP contribution in [0, 0.1) is 0 Å². The molecule has 0 radical (unpaired) electrons. The van der Waals surface area contributed by atoms with Crippen molar-refractivity contribution in [3.05, 3.63) is 144 Å². The number of imidazole rings is 1. The zero-order chi connectivity index (χ0) is 39.4. The third-order valence-electron chi connectivity index (χ3n) is 9.50.